The molecule has 2 amide bonds. The smallest absolute Gasteiger partial charge is 0.324 e. The number of ether oxygens (including phenoxy) is 3. The molecule has 0 saturated carbocycles. The Bertz CT molecular complexity index is 938. The number of amides is 2. The van der Waals surface area contributed by atoms with Crippen molar-refractivity contribution >= 4 is 11.7 Å². The minimum atomic E-state index is -0.550. The Morgan fingerprint density at radius 3 is 2.45 bits per heavy atom. The molecule has 178 valence electrons. The van der Waals surface area contributed by atoms with E-state index in [1.54, 1.807) is 19.1 Å². The van der Waals surface area contributed by atoms with Crippen LogP contribution in [0.2, 0.25) is 0 Å². The van der Waals surface area contributed by atoms with Gasteiger partial charge in [0.15, 0.2) is 0 Å². The summed E-state index contributed by atoms with van der Waals surface area (Å²) in [5.74, 6) is 0.119. The van der Waals surface area contributed by atoms with Crippen LogP contribution in [-0.2, 0) is 21.7 Å². The third-order valence-electron chi connectivity index (χ3n) is 6.73. The maximum absolute atomic E-state index is 14.4. The highest BCUT2D eigenvalue weighted by Crippen LogP contribution is 2.37. The molecule has 2 aromatic rings. The number of carbonyl (C=O) groups is 1. The molecular weight excluding hydrogens is 423 g/mol. The molecule has 0 bridgehead atoms. The van der Waals surface area contributed by atoms with E-state index in [1.165, 1.54) is 18.6 Å². The summed E-state index contributed by atoms with van der Waals surface area (Å²) in [6, 6.07) is 12.5. The highest BCUT2D eigenvalue weighted by molar-refractivity contribution is 5.91. The predicted molar refractivity (Wildman–Crippen MR) is 125 cm³/mol. The second-order valence-electron chi connectivity index (χ2n) is 8.83. The summed E-state index contributed by atoms with van der Waals surface area (Å²) >= 11 is 0. The van der Waals surface area contributed by atoms with Crippen LogP contribution in [0, 0.1) is 5.82 Å². The van der Waals surface area contributed by atoms with Crippen LogP contribution in [0.15, 0.2) is 42.5 Å². The summed E-state index contributed by atoms with van der Waals surface area (Å²) in [6.45, 7) is 3.11. The van der Waals surface area contributed by atoms with Gasteiger partial charge in [-0.15, -0.1) is 0 Å². The van der Waals surface area contributed by atoms with Gasteiger partial charge in [-0.05, 0) is 54.7 Å². The zero-order valence-electron chi connectivity index (χ0n) is 19.5. The number of urea groups is 1. The van der Waals surface area contributed by atoms with E-state index in [0.29, 0.717) is 38.4 Å². The first-order chi connectivity index (χ1) is 16.0. The van der Waals surface area contributed by atoms with Gasteiger partial charge in [0, 0.05) is 65.1 Å². The molecule has 2 fully saturated rings. The molecule has 0 atom stereocenters. The maximum Gasteiger partial charge on any atom is 0.324 e. The van der Waals surface area contributed by atoms with Gasteiger partial charge in [-0.3, -0.25) is 4.90 Å². The summed E-state index contributed by atoms with van der Waals surface area (Å²) in [4.78, 5) is 16.3. The average Bonchev–Trinajstić information content (AvgIpc) is 2.87. The van der Waals surface area contributed by atoms with Crippen LogP contribution in [0.5, 0.6) is 5.75 Å². The van der Waals surface area contributed by atoms with Crippen molar-refractivity contribution in [1.82, 2.24) is 4.90 Å². The SMILES string of the molecule is COC1(c2cc(F)cc(OCc3ccc(N(C)C(=O)N4CCCCC4)cc3)c2)CCOCC1. The molecule has 6 nitrogen and oxygen atoms in total. The van der Waals surface area contributed by atoms with E-state index < -0.39 is 5.60 Å². The van der Waals surface area contributed by atoms with Gasteiger partial charge in [0.25, 0.3) is 0 Å². The van der Waals surface area contributed by atoms with Crippen molar-refractivity contribution in [2.45, 2.75) is 44.3 Å². The molecule has 2 aliphatic heterocycles. The van der Waals surface area contributed by atoms with Crippen LogP contribution in [0.1, 0.15) is 43.2 Å². The van der Waals surface area contributed by atoms with E-state index in [-0.39, 0.29) is 11.8 Å². The molecule has 4 rings (SSSR count). The first-order valence-corrected chi connectivity index (χ1v) is 11.7. The van der Waals surface area contributed by atoms with Gasteiger partial charge >= 0.3 is 6.03 Å². The maximum atomic E-state index is 14.4. The van der Waals surface area contributed by atoms with E-state index in [2.05, 4.69) is 0 Å². The number of rotatable bonds is 6. The van der Waals surface area contributed by atoms with Crippen LogP contribution in [0.4, 0.5) is 14.9 Å². The van der Waals surface area contributed by atoms with Gasteiger partial charge in [0.2, 0.25) is 0 Å². The number of benzene rings is 2. The Hall–Kier alpha value is -2.64. The molecule has 0 spiro atoms. The molecule has 2 saturated heterocycles. The molecule has 0 aliphatic carbocycles. The van der Waals surface area contributed by atoms with Crippen LogP contribution >= 0.6 is 0 Å². The van der Waals surface area contributed by atoms with Gasteiger partial charge < -0.3 is 19.1 Å². The predicted octanol–water partition coefficient (Wildman–Crippen LogP) is 5.10. The second-order valence-corrected chi connectivity index (χ2v) is 8.83. The van der Waals surface area contributed by atoms with Crippen molar-refractivity contribution in [3.63, 3.8) is 0 Å². The Balaban J connectivity index is 1.40. The minimum Gasteiger partial charge on any atom is -0.489 e. The van der Waals surface area contributed by atoms with E-state index in [1.807, 2.05) is 35.2 Å². The van der Waals surface area contributed by atoms with Gasteiger partial charge in [-0.1, -0.05) is 12.1 Å². The number of anilines is 1. The Morgan fingerprint density at radius 1 is 1.09 bits per heavy atom. The number of halogens is 1. The summed E-state index contributed by atoms with van der Waals surface area (Å²) in [5.41, 5.74) is 2.00. The number of carbonyl (C=O) groups excluding carboxylic acids is 1. The quantitative estimate of drug-likeness (QED) is 0.607. The molecular formula is C26H33FN2O4. The first kappa shape index (κ1) is 23.5. The monoisotopic (exact) mass is 456 g/mol. The number of methoxy groups -OCH3 is 1. The summed E-state index contributed by atoms with van der Waals surface area (Å²) in [7, 11) is 3.46. The van der Waals surface area contributed by atoms with Crippen LogP contribution < -0.4 is 9.64 Å². The zero-order chi connectivity index (χ0) is 23.3. The van der Waals surface area contributed by atoms with Gasteiger partial charge in [0.1, 0.15) is 18.2 Å². The van der Waals surface area contributed by atoms with Gasteiger partial charge in [0.05, 0.1) is 5.60 Å². The number of hydrogen-bond donors (Lipinski definition) is 0. The third kappa shape index (κ3) is 5.47. The van der Waals surface area contributed by atoms with Crippen LogP contribution in [-0.4, -0.2) is 51.4 Å². The lowest BCUT2D eigenvalue weighted by Crippen LogP contribution is -2.43. The fraction of sp³-hybridized carbons (Fsp3) is 0.500. The third-order valence-corrected chi connectivity index (χ3v) is 6.73. The number of piperidine rings is 1. The summed E-state index contributed by atoms with van der Waals surface area (Å²) in [6.07, 6.45) is 4.68. The molecule has 0 radical (unpaired) electrons. The fourth-order valence-corrected chi connectivity index (χ4v) is 4.61. The van der Waals surface area contributed by atoms with Crippen molar-refractivity contribution in [3.05, 3.63) is 59.4 Å². The van der Waals surface area contributed by atoms with Crippen molar-refractivity contribution in [2.24, 2.45) is 0 Å². The van der Waals surface area contributed by atoms with Crippen molar-refractivity contribution in [1.29, 1.82) is 0 Å². The van der Waals surface area contributed by atoms with E-state index in [9.17, 15) is 9.18 Å². The lowest BCUT2D eigenvalue weighted by atomic mass is 9.86. The standard InChI is InChI=1S/C26H33FN2O4/c1-28(25(30)29-12-4-3-5-13-29)23-8-6-20(7-9-23)19-33-24-17-21(16-22(27)18-24)26(31-2)10-14-32-15-11-26/h6-9,16-18H,3-5,10-15,19H2,1-2H3. The highest BCUT2D eigenvalue weighted by atomic mass is 19.1. The number of nitrogens with zero attached hydrogens (tertiary/aromatic N) is 2. The Kier molecular flexibility index (Phi) is 7.50. The van der Waals surface area contributed by atoms with Crippen LogP contribution in [0.3, 0.4) is 0 Å². The Morgan fingerprint density at radius 2 is 1.79 bits per heavy atom. The first-order valence-electron chi connectivity index (χ1n) is 11.7. The molecule has 0 aromatic heterocycles. The molecule has 7 heteroatoms. The molecule has 2 aromatic carbocycles. The van der Waals surface area contributed by atoms with Crippen LogP contribution in [0.25, 0.3) is 0 Å². The molecule has 2 aliphatic rings. The van der Waals surface area contributed by atoms with Gasteiger partial charge in [-0.25, -0.2) is 9.18 Å². The minimum absolute atomic E-state index is 0.0335. The summed E-state index contributed by atoms with van der Waals surface area (Å²) < 4.78 is 31.6. The van der Waals surface area contributed by atoms with Crippen molar-refractivity contribution in [2.75, 3.05) is 45.4 Å². The molecule has 2 heterocycles. The van der Waals surface area contributed by atoms with E-state index >= 15 is 0 Å². The number of hydrogen-bond acceptors (Lipinski definition) is 4. The largest absolute Gasteiger partial charge is 0.489 e. The second kappa shape index (κ2) is 10.5. The molecule has 0 unspecified atom stereocenters. The topological polar surface area (TPSA) is 51.2 Å². The average molecular weight is 457 g/mol. The summed E-state index contributed by atoms with van der Waals surface area (Å²) in [5, 5.41) is 0. The fourth-order valence-electron chi connectivity index (χ4n) is 4.61. The normalized spacial score (nSPS) is 18.1. The van der Waals surface area contributed by atoms with Crippen molar-refractivity contribution in [3.8, 4) is 5.75 Å². The molecule has 33 heavy (non-hydrogen) atoms. The Labute approximate surface area is 195 Å². The zero-order valence-corrected chi connectivity index (χ0v) is 19.5. The van der Waals surface area contributed by atoms with Crippen molar-refractivity contribution < 1.29 is 23.4 Å². The lowest BCUT2D eigenvalue weighted by molar-refractivity contribution is -0.0950. The van der Waals surface area contributed by atoms with E-state index in [0.717, 1.165) is 42.7 Å². The number of likely N-dealkylation sites (tertiary alicyclic amines) is 1. The molecule has 0 N–H and O–H groups in total. The highest BCUT2D eigenvalue weighted by Gasteiger charge is 2.35. The lowest BCUT2D eigenvalue weighted by Gasteiger charge is -2.36. The van der Waals surface area contributed by atoms with E-state index in [4.69, 9.17) is 14.2 Å². The van der Waals surface area contributed by atoms with Gasteiger partial charge in [-0.2, -0.15) is 0 Å².